The number of nitrogens with one attached hydrogen (secondary N) is 1. The summed E-state index contributed by atoms with van der Waals surface area (Å²) < 4.78 is 25.6. The van der Waals surface area contributed by atoms with Crippen LogP contribution in [0.5, 0.6) is 0 Å². The minimum Gasteiger partial charge on any atom is -0.337 e. The number of carbonyl (C=O) groups is 1. The van der Waals surface area contributed by atoms with Gasteiger partial charge >= 0.3 is 0 Å². The lowest BCUT2D eigenvalue weighted by Crippen LogP contribution is -2.40. The van der Waals surface area contributed by atoms with E-state index >= 15 is 0 Å². The third-order valence-electron chi connectivity index (χ3n) is 4.23. The number of anilines is 1. The van der Waals surface area contributed by atoms with E-state index in [0.717, 1.165) is 31.5 Å². The van der Waals surface area contributed by atoms with E-state index in [9.17, 15) is 13.2 Å². The first-order chi connectivity index (χ1) is 12.1. The summed E-state index contributed by atoms with van der Waals surface area (Å²) in [4.78, 5) is 17.2. The molecular weight excluding hydrogens is 350 g/mol. The van der Waals surface area contributed by atoms with Crippen molar-refractivity contribution in [2.45, 2.75) is 34.6 Å². The van der Waals surface area contributed by atoms with Gasteiger partial charge in [-0.2, -0.15) is 0 Å². The smallest absolute Gasteiger partial charge is 0.253 e. The summed E-state index contributed by atoms with van der Waals surface area (Å²) in [6, 6.07) is 5.16. The molecule has 0 fully saturated rings. The van der Waals surface area contributed by atoms with Gasteiger partial charge in [-0.25, -0.2) is 8.42 Å². The first kappa shape index (κ1) is 22.4. The van der Waals surface area contributed by atoms with Crippen LogP contribution < -0.4 is 4.72 Å². The fourth-order valence-electron chi connectivity index (χ4n) is 2.77. The van der Waals surface area contributed by atoms with E-state index in [1.165, 1.54) is 0 Å². The van der Waals surface area contributed by atoms with Crippen molar-refractivity contribution in [1.82, 2.24) is 9.80 Å². The number of benzene rings is 1. The number of hydrogen-bond acceptors (Lipinski definition) is 4. The molecule has 7 heteroatoms. The normalized spacial score (nSPS) is 11.8. The molecule has 1 amide bonds. The van der Waals surface area contributed by atoms with Gasteiger partial charge in [-0.3, -0.25) is 9.52 Å². The van der Waals surface area contributed by atoms with Crippen molar-refractivity contribution in [3.63, 3.8) is 0 Å². The molecule has 0 radical (unpaired) electrons. The van der Waals surface area contributed by atoms with Crippen molar-refractivity contribution in [2.24, 2.45) is 5.92 Å². The van der Waals surface area contributed by atoms with Crippen LogP contribution in [-0.2, 0) is 10.0 Å². The van der Waals surface area contributed by atoms with Crippen LogP contribution in [0.3, 0.4) is 0 Å². The number of aryl methyl sites for hydroxylation is 1. The zero-order chi connectivity index (χ0) is 19.9. The highest BCUT2D eigenvalue weighted by atomic mass is 32.2. The van der Waals surface area contributed by atoms with Crippen LogP contribution in [0.4, 0.5) is 5.69 Å². The highest BCUT2D eigenvalue weighted by Crippen LogP contribution is 2.19. The van der Waals surface area contributed by atoms with E-state index in [2.05, 4.69) is 37.3 Å². The molecule has 1 rings (SSSR count). The van der Waals surface area contributed by atoms with Crippen LogP contribution in [-0.4, -0.2) is 63.1 Å². The van der Waals surface area contributed by atoms with Crippen molar-refractivity contribution < 1.29 is 13.2 Å². The number of hydrogen-bond donors (Lipinski definition) is 1. The molecular formula is C19H33N3O3S. The Hall–Kier alpha value is -1.60. The first-order valence-electron chi connectivity index (χ1n) is 9.17. The third kappa shape index (κ3) is 7.33. The van der Waals surface area contributed by atoms with Gasteiger partial charge in [-0.05, 0) is 43.6 Å². The summed E-state index contributed by atoms with van der Waals surface area (Å²) in [5, 5.41) is 0. The molecule has 0 aliphatic carbocycles. The maximum absolute atomic E-state index is 13.0. The van der Waals surface area contributed by atoms with Gasteiger partial charge in [0.2, 0.25) is 10.0 Å². The van der Waals surface area contributed by atoms with E-state index in [0.29, 0.717) is 30.3 Å². The molecule has 0 aliphatic rings. The van der Waals surface area contributed by atoms with Gasteiger partial charge in [-0.15, -0.1) is 0 Å². The Morgan fingerprint density at radius 1 is 1.15 bits per heavy atom. The van der Waals surface area contributed by atoms with Gasteiger partial charge in [0.25, 0.3) is 5.91 Å². The highest BCUT2D eigenvalue weighted by molar-refractivity contribution is 7.92. The quantitative estimate of drug-likeness (QED) is 0.674. The number of carbonyl (C=O) groups excluding carboxylic acids is 1. The average Bonchev–Trinajstić information content (AvgIpc) is 2.54. The van der Waals surface area contributed by atoms with Crippen LogP contribution in [0.15, 0.2) is 18.2 Å². The zero-order valence-corrected chi connectivity index (χ0v) is 17.7. The Balaban J connectivity index is 3.04. The van der Waals surface area contributed by atoms with E-state index in [-0.39, 0.29) is 5.91 Å². The fraction of sp³-hybridized carbons (Fsp3) is 0.632. The number of nitrogens with zero attached hydrogens (tertiary/aromatic N) is 2. The minimum absolute atomic E-state index is 0.0672. The molecule has 0 heterocycles. The number of amides is 1. The van der Waals surface area contributed by atoms with Crippen LogP contribution in [0.1, 0.15) is 43.6 Å². The predicted octanol–water partition coefficient (Wildman–Crippen LogP) is 2.81. The molecule has 1 N–H and O–H groups in total. The molecule has 6 nitrogen and oxygen atoms in total. The molecule has 148 valence electrons. The molecule has 0 saturated carbocycles. The molecule has 26 heavy (non-hydrogen) atoms. The van der Waals surface area contributed by atoms with E-state index < -0.39 is 10.0 Å². The fourth-order valence-corrected chi connectivity index (χ4v) is 3.39. The molecule has 1 aromatic carbocycles. The van der Waals surface area contributed by atoms with Gasteiger partial charge in [0, 0.05) is 25.2 Å². The van der Waals surface area contributed by atoms with E-state index in [4.69, 9.17) is 0 Å². The molecule has 0 unspecified atom stereocenters. The Kier molecular flexibility index (Phi) is 8.56. The SMILES string of the molecule is CCN(CC)CCN(CC(C)C)C(=O)c1ccc(C)c(NS(C)(=O)=O)c1. The minimum atomic E-state index is -3.39. The van der Waals surface area contributed by atoms with Crippen LogP contribution >= 0.6 is 0 Å². The molecule has 0 aliphatic heterocycles. The Morgan fingerprint density at radius 2 is 1.77 bits per heavy atom. The lowest BCUT2D eigenvalue weighted by atomic mass is 10.1. The maximum Gasteiger partial charge on any atom is 0.253 e. The largest absolute Gasteiger partial charge is 0.337 e. The van der Waals surface area contributed by atoms with Crippen molar-refractivity contribution >= 4 is 21.6 Å². The summed E-state index contributed by atoms with van der Waals surface area (Å²) >= 11 is 0. The first-order valence-corrected chi connectivity index (χ1v) is 11.1. The number of sulfonamides is 1. The summed E-state index contributed by atoms with van der Waals surface area (Å²) in [6.07, 6.45) is 1.11. The number of likely N-dealkylation sites (N-methyl/N-ethyl adjacent to an activating group) is 1. The van der Waals surface area contributed by atoms with Gasteiger partial charge < -0.3 is 9.80 Å². The molecule has 0 bridgehead atoms. The van der Waals surface area contributed by atoms with Gasteiger partial charge in [0.1, 0.15) is 0 Å². The monoisotopic (exact) mass is 383 g/mol. The van der Waals surface area contributed by atoms with Crippen LogP contribution in [0, 0.1) is 12.8 Å². The van der Waals surface area contributed by atoms with Crippen molar-refractivity contribution in [1.29, 1.82) is 0 Å². The van der Waals surface area contributed by atoms with E-state index in [1.54, 1.807) is 18.2 Å². The highest BCUT2D eigenvalue weighted by Gasteiger charge is 2.19. The van der Waals surface area contributed by atoms with Crippen molar-refractivity contribution in [3.8, 4) is 0 Å². The zero-order valence-electron chi connectivity index (χ0n) is 16.9. The maximum atomic E-state index is 13.0. The lowest BCUT2D eigenvalue weighted by molar-refractivity contribution is 0.0716. The summed E-state index contributed by atoms with van der Waals surface area (Å²) in [5.74, 6) is 0.289. The van der Waals surface area contributed by atoms with Crippen molar-refractivity contribution in [3.05, 3.63) is 29.3 Å². The van der Waals surface area contributed by atoms with Crippen LogP contribution in [0.2, 0.25) is 0 Å². The Morgan fingerprint density at radius 3 is 2.27 bits per heavy atom. The molecule has 0 spiro atoms. The van der Waals surface area contributed by atoms with Gasteiger partial charge in [0.15, 0.2) is 0 Å². The molecule has 0 atom stereocenters. The second kappa shape index (κ2) is 9.92. The average molecular weight is 384 g/mol. The van der Waals surface area contributed by atoms with Gasteiger partial charge in [0.05, 0.1) is 11.9 Å². The Labute approximate surface area is 158 Å². The standard InChI is InChI=1S/C19H33N3O3S/c1-7-21(8-2)11-12-22(14-15(3)4)19(23)17-10-9-16(5)18(13-17)20-26(6,24)25/h9-10,13,15,20H,7-8,11-12,14H2,1-6H3. The van der Waals surface area contributed by atoms with Crippen molar-refractivity contribution in [2.75, 3.05) is 43.7 Å². The third-order valence-corrected chi connectivity index (χ3v) is 4.82. The second-order valence-corrected chi connectivity index (χ2v) is 8.82. The molecule has 0 saturated heterocycles. The number of rotatable bonds is 10. The predicted molar refractivity (Wildman–Crippen MR) is 108 cm³/mol. The van der Waals surface area contributed by atoms with Crippen LogP contribution in [0.25, 0.3) is 0 Å². The van der Waals surface area contributed by atoms with E-state index in [1.807, 2.05) is 11.8 Å². The second-order valence-electron chi connectivity index (χ2n) is 7.08. The topological polar surface area (TPSA) is 69.7 Å². The molecule has 1 aromatic rings. The summed E-state index contributed by atoms with van der Waals surface area (Å²) in [5.41, 5.74) is 1.74. The lowest BCUT2D eigenvalue weighted by Gasteiger charge is -2.28. The summed E-state index contributed by atoms with van der Waals surface area (Å²) in [7, 11) is -3.39. The summed E-state index contributed by atoms with van der Waals surface area (Å²) in [6.45, 7) is 14.3. The van der Waals surface area contributed by atoms with Gasteiger partial charge in [-0.1, -0.05) is 33.8 Å². The Bertz CT molecular complexity index is 698. The molecule has 0 aromatic heterocycles.